The Bertz CT molecular complexity index is 982. The molecule has 0 spiro atoms. The Kier molecular flexibility index (Phi) is 20.6. The van der Waals surface area contributed by atoms with Crippen molar-refractivity contribution in [2.75, 3.05) is 12.3 Å². The molecule has 3 N–H and O–H groups in total. The third-order valence-corrected chi connectivity index (χ3v) is 7.52. The molecule has 0 radical (unpaired) electrons. The van der Waals surface area contributed by atoms with Gasteiger partial charge in [0.05, 0.1) is 25.0 Å². The zero-order valence-electron chi connectivity index (χ0n) is 17.8. The number of ether oxygens (including phenoxy) is 1. The molecule has 0 saturated carbocycles. The number of aliphatic hydroxyl groups is 1. The molecule has 0 amide bonds. The second-order valence-corrected chi connectivity index (χ2v) is 10.5. The van der Waals surface area contributed by atoms with Gasteiger partial charge >= 0.3 is 124 Å². The normalized spacial score (nSPS) is 23.5. The third-order valence-electron chi connectivity index (χ3n) is 3.25. The minimum absolute atomic E-state index is 0. The van der Waals surface area contributed by atoms with Crippen molar-refractivity contribution >= 4 is 45.2 Å². The van der Waals surface area contributed by atoms with E-state index < -0.39 is 54.2 Å². The van der Waals surface area contributed by atoms with Crippen molar-refractivity contribution in [2.45, 2.75) is 24.9 Å². The number of phosphoric acid groups is 3. The SMILES string of the molecule is Nc1nc(=O)n(C2CC(O)C(COP(=O)([O-])OP(=O)([O-])OP(=O)([O-])[O-])O2)cc1Br.[Na+].[Na+].[Na+].[Na+]. The number of nitrogens with two attached hydrogens (primary N) is 1. The molecule has 1 aliphatic rings. The van der Waals surface area contributed by atoms with Crippen LogP contribution in [0.1, 0.15) is 12.6 Å². The summed E-state index contributed by atoms with van der Waals surface area (Å²) in [7, 11) is -18.0. The second kappa shape index (κ2) is 16.6. The Balaban J connectivity index is -0.00000225. The number of anilines is 1. The number of nitrogens with zero attached hydrogens (tertiary/aromatic N) is 2. The summed E-state index contributed by atoms with van der Waals surface area (Å²) in [6.07, 6.45) is -2.80. The number of aliphatic hydroxyl groups excluding tert-OH is 1. The maximum atomic E-state index is 11.9. The summed E-state index contributed by atoms with van der Waals surface area (Å²) in [5.74, 6) is -0.0981. The number of nitrogen functional groups attached to an aromatic ring is 1. The molecule has 1 saturated heterocycles. The van der Waals surface area contributed by atoms with E-state index in [2.05, 4.69) is 34.1 Å². The third kappa shape index (κ3) is 13.9. The average Bonchev–Trinajstić information content (AvgIpc) is 2.86. The number of hydrogen-bond acceptors (Lipinski definition) is 15. The average molecular weight is 634 g/mol. The fourth-order valence-corrected chi connectivity index (χ4v) is 5.32. The smallest absolute Gasteiger partial charge is 0.790 e. The van der Waals surface area contributed by atoms with Crippen molar-refractivity contribution < 1.29 is 174 Å². The summed E-state index contributed by atoms with van der Waals surface area (Å²) >= 11 is 3.05. The monoisotopic (exact) mass is 633 g/mol. The summed E-state index contributed by atoms with van der Waals surface area (Å²) in [5.41, 5.74) is 4.62. The van der Waals surface area contributed by atoms with Crippen molar-refractivity contribution in [3.8, 4) is 0 Å². The molecule has 0 aromatic carbocycles. The van der Waals surface area contributed by atoms with Crippen LogP contribution in [0.25, 0.3) is 0 Å². The molecule has 5 atom stereocenters. The van der Waals surface area contributed by atoms with Crippen molar-refractivity contribution in [1.29, 1.82) is 0 Å². The minimum atomic E-state index is -6.11. The van der Waals surface area contributed by atoms with Crippen molar-refractivity contribution in [3.63, 3.8) is 0 Å². The Morgan fingerprint density at radius 1 is 1.15 bits per heavy atom. The van der Waals surface area contributed by atoms with Crippen LogP contribution >= 0.6 is 39.4 Å². The van der Waals surface area contributed by atoms with E-state index in [1.54, 1.807) is 0 Å². The summed E-state index contributed by atoms with van der Waals surface area (Å²) in [6, 6.07) is 0. The van der Waals surface area contributed by atoms with Gasteiger partial charge in [0.25, 0.3) is 15.6 Å². The van der Waals surface area contributed by atoms with Crippen LogP contribution in [-0.4, -0.2) is 33.5 Å². The summed E-state index contributed by atoms with van der Waals surface area (Å²) in [6.45, 7) is -0.983. The van der Waals surface area contributed by atoms with E-state index in [0.717, 1.165) is 4.57 Å². The van der Waals surface area contributed by atoms with E-state index >= 15 is 0 Å². The first-order valence-corrected chi connectivity index (χ1v) is 12.3. The fraction of sp³-hybridized carbons (Fsp3) is 0.556. The Labute approximate surface area is 283 Å². The summed E-state index contributed by atoms with van der Waals surface area (Å²) < 4.78 is 49.9. The molecule has 1 fully saturated rings. The van der Waals surface area contributed by atoms with Crippen LogP contribution < -0.4 is 149 Å². The quantitative estimate of drug-likeness (QED) is 0.199. The minimum Gasteiger partial charge on any atom is -0.790 e. The standard InChI is InChI=1S/C9H15BrN3O13P3.4Na/c10-4-2-13(9(15)12-8(4)11)7-1-5(14)6(24-7)3-23-28(19,20)26-29(21,22)25-27(16,17)18;;;;/h2,5-7,14H,1,3H2,(H,19,20)(H,21,22)(H2,11,12,15)(H2,16,17,18);;;;/q;4*+1/p-4. The maximum absolute atomic E-state index is 11.9. The Morgan fingerprint density at radius 2 is 1.70 bits per heavy atom. The van der Waals surface area contributed by atoms with Gasteiger partial charge in [-0.1, -0.05) is 0 Å². The van der Waals surface area contributed by atoms with E-state index in [1.165, 1.54) is 6.20 Å². The van der Waals surface area contributed by atoms with Crippen molar-refractivity contribution in [2.24, 2.45) is 0 Å². The summed E-state index contributed by atoms with van der Waals surface area (Å²) in [4.78, 5) is 58.5. The molecule has 2 heterocycles. The van der Waals surface area contributed by atoms with Gasteiger partial charge < -0.3 is 44.2 Å². The van der Waals surface area contributed by atoms with Crippen LogP contribution in [0.5, 0.6) is 0 Å². The van der Waals surface area contributed by atoms with Gasteiger partial charge in [-0.15, -0.1) is 0 Å². The number of phosphoric ester groups is 1. The van der Waals surface area contributed by atoms with Crippen LogP contribution in [0.3, 0.4) is 0 Å². The van der Waals surface area contributed by atoms with Crippen LogP contribution in [0.2, 0.25) is 0 Å². The first-order valence-electron chi connectivity index (χ1n) is 7.17. The van der Waals surface area contributed by atoms with Gasteiger partial charge in [-0.3, -0.25) is 18.0 Å². The van der Waals surface area contributed by atoms with E-state index in [-0.39, 0.29) is 135 Å². The zero-order chi connectivity index (χ0) is 22.2. The Morgan fingerprint density at radius 3 is 2.21 bits per heavy atom. The van der Waals surface area contributed by atoms with Gasteiger partial charge in [0.1, 0.15) is 18.1 Å². The molecule has 1 aliphatic heterocycles. The van der Waals surface area contributed by atoms with Crippen LogP contribution in [-0.2, 0) is 31.6 Å². The summed E-state index contributed by atoms with van der Waals surface area (Å²) in [5, 5.41) is 9.95. The van der Waals surface area contributed by atoms with Gasteiger partial charge in [0, 0.05) is 12.6 Å². The second-order valence-electron chi connectivity index (χ2n) is 5.40. The molecule has 0 bridgehead atoms. The molecule has 16 nitrogen and oxygen atoms in total. The molecule has 1 aromatic rings. The number of hydrogen-bond donors (Lipinski definition) is 2. The molecule has 1 aromatic heterocycles. The molecule has 5 unspecified atom stereocenters. The van der Waals surface area contributed by atoms with E-state index in [1.807, 2.05) is 0 Å². The van der Waals surface area contributed by atoms with Gasteiger partial charge in [-0.25, -0.2) is 9.11 Å². The number of aromatic nitrogens is 2. The predicted octanol–water partition coefficient (Wildman–Crippen LogP) is -14.9. The van der Waals surface area contributed by atoms with Gasteiger partial charge in [-0.05, 0) is 15.9 Å². The first kappa shape index (κ1) is 41.0. The molecular weight excluding hydrogens is 623 g/mol. The van der Waals surface area contributed by atoms with Crippen molar-refractivity contribution in [3.05, 3.63) is 21.2 Å². The van der Waals surface area contributed by atoms with Gasteiger partial charge in [0.2, 0.25) is 0 Å². The van der Waals surface area contributed by atoms with Gasteiger partial charge in [0.15, 0.2) is 0 Å². The fourth-order valence-electron chi connectivity index (χ4n) is 2.15. The van der Waals surface area contributed by atoms with Crippen molar-refractivity contribution in [1.82, 2.24) is 9.55 Å². The molecule has 166 valence electrons. The first-order chi connectivity index (χ1) is 13.1. The Hall–Kier alpha value is 3.49. The zero-order valence-corrected chi connectivity index (χ0v) is 30.0. The number of halogens is 1. The van der Waals surface area contributed by atoms with Crippen LogP contribution in [0.15, 0.2) is 15.5 Å². The molecule has 2 rings (SSSR count). The van der Waals surface area contributed by atoms with E-state index in [4.69, 9.17) is 10.5 Å². The van der Waals surface area contributed by atoms with E-state index in [0.29, 0.717) is 0 Å². The van der Waals surface area contributed by atoms with Gasteiger partial charge in [-0.2, -0.15) is 4.98 Å². The molecule has 0 aliphatic carbocycles. The topological polar surface area (TPSA) is 262 Å². The molecule has 24 heteroatoms. The van der Waals surface area contributed by atoms with Crippen LogP contribution in [0, 0.1) is 0 Å². The van der Waals surface area contributed by atoms with E-state index in [9.17, 15) is 43.2 Å². The predicted molar refractivity (Wildman–Crippen MR) is 86.1 cm³/mol. The number of rotatable bonds is 8. The maximum Gasteiger partial charge on any atom is 1.00 e. The molecular formula is C9H11BrN3Na4O13P3. The molecule has 33 heavy (non-hydrogen) atoms. The largest absolute Gasteiger partial charge is 1.00 e. The van der Waals surface area contributed by atoms with Crippen LogP contribution in [0.4, 0.5) is 5.82 Å².